The van der Waals surface area contributed by atoms with Crippen LogP contribution in [0.4, 0.5) is 11.4 Å². The van der Waals surface area contributed by atoms with Gasteiger partial charge in [0.25, 0.3) is 11.6 Å². The van der Waals surface area contributed by atoms with E-state index in [4.69, 9.17) is 4.74 Å². The van der Waals surface area contributed by atoms with Gasteiger partial charge >= 0.3 is 0 Å². The van der Waals surface area contributed by atoms with Gasteiger partial charge in [-0.15, -0.1) is 0 Å². The molecule has 0 aromatic heterocycles. The predicted octanol–water partition coefficient (Wildman–Crippen LogP) is 1.94. The normalized spacial score (nSPS) is 18.0. The molecule has 1 fully saturated rings. The maximum absolute atomic E-state index is 12.1. The first-order valence-corrected chi connectivity index (χ1v) is 6.98. The van der Waals surface area contributed by atoms with Crippen LogP contribution < -0.4 is 10.6 Å². The molecule has 1 amide bonds. The van der Waals surface area contributed by atoms with E-state index in [1.165, 1.54) is 18.2 Å². The predicted molar refractivity (Wildman–Crippen MR) is 78.6 cm³/mol. The number of rotatable bonds is 5. The summed E-state index contributed by atoms with van der Waals surface area (Å²) in [5, 5.41) is 16.4. The van der Waals surface area contributed by atoms with Crippen molar-refractivity contribution < 1.29 is 14.5 Å². The lowest BCUT2D eigenvalue weighted by Crippen LogP contribution is -2.35. The SMILES string of the molecule is CNc1cc(C(=O)NCC2CCCCO2)ccc1[N+](=O)[O-]. The number of hydrogen-bond acceptors (Lipinski definition) is 5. The van der Waals surface area contributed by atoms with Crippen molar-refractivity contribution in [2.75, 3.05) is 25.5 Å². The summed E-state index contributed by atoms with van der Waals surface area (Å²) in [6.45, 7) is 1.20. The number of carbonyl (C=O) groups is 1. The van der Waals surface area contributed by atoms with E-state index in [1.807, 2.05) is 0 Å². The molecule has 1 saturated heterocycles. The van der Waals surface area contributed by atoms with Crippen molar-refractivity contribution in [2.45, 2.75) is 25.4 Å². The van der Waals surface area contributed by atoms with Gasteiger partial charge in [0.2, 0.25) is 0 Å². The Morgan fingerprint density at radius 1 is 1.48 bits per heavy atom. The summed E-state index contributed by atoms with van der Waals surface area (Å²) < 4.78 is 5.54. The molecule has 7 heteroatoms. The summed E-state index contributed by atoms with van der Waals surface area (Å²) in [5.74, 6) is -0.254. The van der Waals surface area contributed by atoms with E-state index in [1.54, 1.807) is 7.05 Å². The second-order valence-corrected chi connectivity index (χ2v) is 4.94. The van der Waals surface area contributed by atoms with Crippen LogP contribution in [0.2, 0.25) is 0 Å². The van der Waals surface area contributed by atoms with E-state index in [0.717, 1.165) is 25.9 Å². The zero-order valence-electron chi connectivity index (χ0n) is 11.9. The molecular formula is C14H19N3O4. The molecule has 1 aromatic rings. The Morgan fingerprint density at radius 2 is 2.29 bits per heavy atom. The average molecular weight is 293 g/mol. The van der Waals surface area contributed by atoms with Crippen LogP contribution in [-0.2, 0) is 4.74 Å². The number of nitro groups is 1. The fourth-order valence-corrected chi connectivity index (χ4v) is 2.31. The summed E-state index contributed by atoms with van der Waals surface area (Å²) in [5.41, 5.74) is 0.659. The third kappa shape index (κ3) is 3.91. The van der Waals surface area contributed by atoms with Gasteiger partial charge in [-0.2, -0.15) is 0 Å². The van der Waals surface area contributed by atoms with Crippen molar-refractivity contribution in [1.82, 2.24) is 5.32 Å². The Balaban J connectivity index is 2.00. The molecule has 1 unspecified atom stereocenters. The smallest absolute Gasteiger partial charge is 0.292 e. The van der Waals surface area contributed by atoms with Crippen molar-refractivity contribution in [3.8, 4) is 0 Å². The van der Waals surface area contributed by atoms with Crippen LogP contribution >= 0.6 is 0 Å². The van der Waals surface area contributed by atoms with Gasteiger partial charge in [0.05, 0.1) is 11.0 Å². The molecule has 114 valence electrons. The van der Waals surface area contributed by atoms with Gasteiger partial charge in [0.1, 0.15) is 5.69 Å². The number of nitrogens with zero attached hydrogens (tertiary/aromatic N) is 1. The third-order valence-electron chi connectivity index (χ3n) is 3.49. The van der Waals surface area contributed by atoms with Gasteiger partial charge in [-0.25, -0.2) is 0 Å². The number of amides is 1. The van der Waals surface area contributed by atoms with Crippen LogP contribution in [0.25, 0.3) is 0 Å². The largest absolute Gasteiger partial charge is 0.383 e. The molecule has 0 saturated carbocycles. The molecular weight excluding hydrogens is 274 g/mol. The van der Waals surface area contributed by atoms with Crippen molar-refractivity contribution >= 4 is 17.3 Å². The van der Waals surface area contributed by atoms with Crippen molar-refractivity contribution in [2.24, 2.45) is 0 Å². The van der Waals surface area contributed by atoms with Crippen LogP contribution in [0.15, 0.2) is 18.2 Å². The molecule has 7 nitrogen and oxygen atoms in total. The molecule has 21 heavy (non-hydrogen) atoms. The van der Waals surface area contributed by atoms with Crippen molar-refractivity contribution in [1.29, 1.82) is 0 Å². The lowest BCUT2D eigenvalue weighted by Gasteiger charge is -2.22. The third-order valence-corrected chi connectivity index (χ3v) is 3.49. The molecule has 0 aliphatic carbocycles. The Bertz CT molecular complexity index is 527. The molecule has 0 radical (unpaired) electrons. The number of nitro benzene ring substituents is 1. The summed E-state index contributed by atoms with van der Waals surface area (Å²) in [6.07, 6.45) is 3.19. The number of benzene rings is 1. The average Bonchev–Trinajstić information content (AvgIpc) is 2.52. The fraction of sp³-hybridized carbons (Fsp3) is 0.500. The number of nitrogens with one attached hydrogen (secondary N) is 2. The summed E-state index contributed by atoms with van der Waals surface area (Å²) >= 11 is 0. The lowest BCUT2D eigenvalue weighted by atomic mass is 10.1. The Labute approximate surface area is 122 Å². The zero-order chi connectivity index (χ0) is 15.2. The highest BCUT2D eigenvalue weighted by atomic mass is 16.6. The lowest BCUT2D eigenvalue weighted by molar-refractivity contribution is -0.383. The fourth-order valence-electron chi connectivity index (χ4n) is 2.31. The molecule has 2 rings (SSSR count). The van der Waals surface area contributed by atoms with E-state index in [9.17, 15) is 14.9 Å². The van der Waals surface area contributed by atoms with Crippen LogP contribution in [0, 0.1) is 10.1 Å². The molecule has 0 spiro atoms. The molecule has 2 N–H and O–H groups in total. The van der Waals surface area contributed by atoms with Gasteiger partial charge < -0.3 is 15.4 Å². The summed E-state index contributed by atoms with van der Waals surface area (Å²) in [6, 6.07) is 4.27. The number of anilines is 1. The Morgan fingerprint density at radius 3 is 2.90 bits per heavy atom. The maximum Gasteiger partial charge on any atom is 0.292 e. The highest BCUT2D eigenvalue weighted by Gasteiger charge is 2.18. The van der Waals surface area contributed by atoms with E-state index >= 15 is 0 Å². The zero-order valence-corrected chi connectivity index (χ0v) is 11.9. The standard InChI is InChI=1S/C14H19N3O4/c1-15-12-8-10(5-6-13(12)17(19)20)14(18)16-9-11-4-2-3-7-21-11/h5-6,8,11,15H,2-4,7,9H2,1H3,(H,16,18). The van der Waals surface area contributed by atoms with Gasteiger partial charge in [-0.05, 0) is 31.4 Å². The number of carbonyl (C=O) groups excluding carboxylic acids is 1. The molecule has 1 aliphatic rings. The van der Waals surface area contributed by atoms with E-state index < -0.39 is 4.92 Å². The van der Waals surface area contributed by atoms with Crippen molar-refractivity contribution in [3.05, 3.63) is 33.9 Å². The number of hydrogen-bond donors (Lipinski definition) is 2. The van der Waals surface area contributed by atoms with Gasteiger partial charge in [-0.1, -0.05) is 0 Å². The Kier molecular flexibility index (Phi) is 5.10. The summed E-state index contributed by atoms with van der Waals surface area (Å²) in [4.78, 5) is 22.4. The monoisotopic (exact) mass is 293 g/mol. The number of ether oxygens (including phenoxy) is 1. The first-order chi connectivity index (χ1) is 10.1. The minimum atomic E-state index is -0.483. The molecule has 0 bridgehead atoms. The minimum absolute atomic E-state index is 0.0512. The van der Waals surface area contributed by atoms with Gasteiger partial charge in [0, 0.05) is 31.8 Å². The highest BCUT2D eigenvalue weighted by Crippen LogP contribution is 2.24. The minimum Gasteiger partial charge on any atom is -0.383 e. The van der Waals surface area contributed by atoms with Crippen LogP contribution in [0.3, 0.4) is 0 Å². The van der Waals surface area contributed by atoms with Crippen LogP contribution in [0.5, 0.6) is 0 Å². The second-order valence-electron chi connectivity index (χ2n) is 4.94. The second kappa shape index (κ2) is 7.03. The van der Waals surface area contributed by atoms with Crippen molar-refractivity contribution in [3.63, 3.8) is 0 Å². The van der Waals surface area contributed by atoms with Crippen LogP contribution in [-0.4, -0.2) is 37.1 Å². The molecule has 1 aliphatic heterocycles. The quantitative estimate of drug-likeness (QED) is 0.639. The van der Waals surface area contributed by atoms with Gasteiger partial charge in [0.15, 0.2) is 0 Å². The topological polar surface area (TPSA) is 93.5 Å². The molecule has 1 atom stereocenters. The highest BCUT2D eigenvalue weighted by molar-refractivity contribution is 5.95. The van der Waals surface area contributed by atoms with Crippen LogP contribution in [0.1, 0.15) is 29.6 Å². The molecule has 1 aromatic carbocycles. The summed E-state index contributed by atoms with van der Waals surface area (Å²) in [7, 11) is 1.58. The maximum atomic E-state index is 12.1. The first-order valence-electron chi connectivity index (χ1n) is 6.98. The van der Waals surface area contributed by atoms with E-state index in [2.05, 4.69) is 10.6 Å². The first kappa shape index (κ1) is 15.2. The Hall–Kier alpha value is -2.15. The van der Waals surface area contributed by atoms with E-state index in [-0.39, 0.29) is 17.7 Å². The van der Waals surface area contributed by atoms with Gasteiger partial charge in [-0.3, -0.25) is 14.9 Å². The molecule has 1 heterocycles. The van der Waals surface area contributed by atoms with E-state index in [0.29, 0.717) is 17.8 Å².